The summed E-state index contributed by atoms with van der Waals surface area (Å²) in [6.45, 7) is 7.44. The minimum Gasteiger partial charge on any atom is -0.508 e. The second-order valence-electron chi connectivity index (χ2n) is 31.8. The zero-order valence-electron chi connectivity index (χ0n) is 73.1. The lowest BCUT2D eigenvalue weighted by Gasteiger charge is -2.30. The molecule has 0 unspecified atom stereocenters. The van der Waals surface area contributed by atoms with Crippen LogP contribution in [0, 0.1) is 11.8 Å². The Hall–Kier alpha value is -10.8. The third-order valence-electron chi connectivity index (χ3n) is 21.6. The Morgan fingerprint density at radius 2 is 0.984 bits per heavy atom. The quantitative estimate of drug-likeness (QED) is 0.0147. The zero-order chi connectivity index (χ0) is 95.3. The number of aliphatic hydroxyl groups excluding tert-OH is 2. The van der Waals surface area contributed by atoms with Gasteiger partial charge in [0.05, 0.1) is 28.8 Å². The molecular weight excluding hydrogens is 1780 g/mol. The number of unbranched alkanes of at least 4 members (excludes halogenated alkanes) is 5. The Balaban J connectivity index is 1.14. The van der Waals surface area contributed by atoms with Gasteiger partial charge in [-0.3, -0.25) is 57.5 Å². The van der Waals surface area contributed by atoms with E-state index < -0.39 is 174 Å². The number of fused-ring (bicyclic) bond motifs is 3. The summed E-state index contributed by atoms with van der Waals surface area (Å²) in [5, 5.41) is 92.5. The number of carbonyl (C=O) groups excluding carboxylic acids is 11. The zero-order valence-corrected chi connectivity index (χ0v) is 76.3. The number of aromatic hydroxyl groups is 2. The van der Waals surface area contributed by atoms with E-state index in [0.29, 0.717) is 78.2 Å². The normalized spacial score (nSPS) is 14.5. The van der Waals surface area contributed by atoms with Crippen molar-refractivity contribution in [3.05, 3.63) is 115 Å². The number of carboxylic acids is 2. The summed E-state index contributed by atoms with van der Waals surface area (Å²) >= 11 is 5.69. The molecule has 39 nitrogen and oxygen atoms in total. The number of nitrogens with two attached hydrogens (primary N) is 5. The molecule has 0 saturated heterocycles. The monoisotopic (exact) mass is 1900 g/mol. The van der Waals surface area contributed by atoms with Gasteiger partial charge in [0.15, 0.2) is 5.43 Å². The van der Waals surface area contributed by atoms with Gasteiger partial charge in [0, 0.05) is 69.8 Å². The number of halogens is 1. The number of phenolic OH excluding ortho intramolecular Hbond substituents is 2. The van der Waals surface area contributed by atoms with Crippen LogP contribution in [0.4, 0.5) is 0 Å². The highest BCUT2D eigenvalue weighted by atomic mass is 79.9. The van der Waals surface area contributed by atoms with Crippen LogP contribution >= 0.6 is 39.5 Å². The first-order valence-corrected chi connectivity index (χ1v) is 46.3. The number of thioether (sulfide) groups is 2. The largest absolute Gasteiger partial charge is 0.508 e. The molecule has 0 bridgehead atoms. The third kappa shape index (κ3) is 32.7. The van der Waals surface area contributed by atoms with E-state index in [1.807, 2.05) is 0 Å². The molecule has 4 aromatic rings. The van der Waals surface area contributed by atoms with Crippen LogP contribution in [0.5, 0.6) is 11.5 Å². The lowest BCUT2D eigenvalue weighted by atomic mass is 9.90. The Morgan fingerprint density at radius 1 is 0.496 bits per heavy atom. The molecule has 0 saturated carbocycles. The highest BCUT2D eigenvalue weighted by Crippen LogP contribution is 2.42. The second-order valence-corrected chi connectivity index (χ2v) is 34.7. The van der Waals surface area contributed by atoms with Crippen molar-refractivity contribution in [3.63, 3.8) is 0 Å². The first kappa shape index (κ1) is 107. The number of amides is 11. The average Bonchev–Trinajstić information content (AvgIpc) is 0.745. The molecule has 129 heavy (non-hydrogen) atoms. The van der Waals surface area contributed by atoms with E-state index >= 15 is 0 Å². The number of nitrogens with one attached hydrogen (secondary N) is 11. The minimum absolute atomic E-state index is 0.00742. The van der Waals surface area contributed by atoms with Crippen molar-refractivity contribution in [1.29, 1.82) is 0 Å². The number of carboxylic acid groups (broad SMARTS) is 2. The van der Waals surface area contributed by atoms with Crippen LogP contribution in [0.3, 0.4) is 0 Å². The lowest BCUT2D eigenvalue weighted by molar-refractivity contribution is -0.142. The molecule has 2 heterocycles. The third-order valence-corrected chi connectivity index (χ3v) is 23.9. The number of hydrogen-bond acceptors (Lipinski definition) is 28. The second kappa shape index (κ2) is 54.0. The molecule has 3 aromatic carbocycles. The van der Waals surface area contributed by atoms with Gasteiger partial charge in [0.25, 0.3) is 5.91 Å². The Bertz CT molecular complexity index is 4950. The fraction of sp³-hybridized carbons (Fsp3) is 0.529. The molecule has 1 aromatic heterocycles. The van der Waals surface area contributed by atoms with E-state index in [1.165, 1.54) is 78.5 Å². The number of phenols is 2. The summed E-state index contributed by atoms with van der Waals surface area (Å²) in [4.78, 5) is 208. The van der Waals surface area contributed by atoms with Crippen molar-refractivity contribution < 1.29 is 102 Å². The van der Waals surface area contributed by atoms with Gasteiger partial charge in [-0.05, 0) is 229 Å². The van der Waals surface area contributed by atoms with E-state index in [4.69, 9.17) is 37.5 Å². The predicted octanol–water partition coefficient (Wildman–Crippen LogP) is 1.98. The number of benzene rings is 4. The molecule has 0 fully saturated rings. The van der Waals surface area contributed by atoms with Crippen LogP contribution in [0.2, 0.25) is 0 Å². The van der Waals surface area contributed by atoms with E-state index in [2.05, 4.69) is 74.4 Å². The lowest BCUT2D eigenvalue weighted by Crippen LogP contribution is -2.63. The Morgan fingerprint density at radius 3 is 1.53 bits per heavy atom. The summed E-state index contributed by atoms with van der Waals surface area (Å²) in [5.74, 6) is -14.1. The fourth-order valence-electron chi connectivity index (χ4n) is 14.0. The van der Waals surface area contributed by atoms with Gasteiger partial charge in [0.1, 0.15) is 88.8 Å². The SMILES string of the molecule is CC[C@H](C)[C@H](NC(=O)[C@@H](NC(=O)[C@H](CSCc1cc(=O)oc2cc(O)c(Br)cc12)NC(=O)[C@H](CCCCN)NC(=O)[C@@H](NC(=O)[C@H](CCCCN)NC(=O)[C@H](CO)NC(=O)[C@H](CCCCN)NC(=O)[C@H](CCCCN)NC(=O)[C@@H](N)CCCCNC(=O)c1ccc(-c2c3ccc(=O)cc-3oc3cc(O)ccc23)c(C(=O)O)c1)[C@@H](C)O)C(C)C)C(=O)N[C@@H](CCSC)C(=O)O. The molecule has 6 rings (SSSR count). The van der Waals surface area contributed by atoms with Gasteiger partial charge in [0.2, 0.25) is 59.1 Å². The molecule has 27 N–H and O–H groups in total. The average molecular weight is 1910 g/mol. The number of rotatable bonds is 57. The van der Waals surface area contributed by atoms with Crippen LogP contribution in [0.1, 0.15) is 170 Å². The summed E-state index contributed by atoms with van der Waals surface area (Å²) in [6, 6.07) is 0.0686. The van der Waals surface area contributed by atoms with E-state index in [0.717, 1.165) is 18.7 Å². The highest BCUT2D eigenvalue weighted by Gasteiger charge is 2.39. The van der Waals surface area contributed by atoms with Gasteiger partial charge in [-0.25, -0.2) is 14.4 Å². The highest BCUT2D eigenvalue weighted by molar-refractivity contribution is 9.10. The molecule has 11 amide bonds. The number of aliphatic carboxylic acids is 1. The van der Waals surface area contributed by atoms with Crippen LogP contribution in [-0.4, -0.2) is 237 Å². The van der Waals surface area contributed by atoms with Gasteiger partial charge in [-0.2, -0.15) is 23.5 Å². The van der Waals surface area contributed by atoms with Gasteiger partial charge in [-0.15, -0.1) is 0 Å². The van der Waals surface area contributed by atoms with E-state index in [1.54, 1.807) is 40.0 Å². The van der Waals surface area contributed by atoms with Crippen molar-refractivity contribution in [2.24, 2.45) is 40.5 Å². The number of aromatic carboxylic acids is 1. The van der Waals surface area contributed by atoms with Crippen LogP contribution < -0.4 is 98.2 Å². The molecule has 42 heteroatoms. The number of carbonyl (C=O) groups is 13. The number of hydrogen-bond donors (Lipinski definition) is 22. The number of aliphatic hydroxyl groups is 2. The van der Waals surface area contributed by atoms with Crippen molar-refractivity contribution >= 4 is 138 Å². The molecule has 13 atom stereocenters. The molecule has 1 aliphatic carbocycles. The Kier molecular flexibility index (Phi) is 44.7. The maximum atomic E-state index is 14.9. The topological polar surface area (TPSA) is 666 Å². The minimum atomic E-state index is -1.89. The van der Waals surface area contributed by atoms with Crippen LogP contribution in [0.15, 0.2) is 95.7 Å². The smallest absolute Gasteiger partial charge is 0.336 e. The maximum Gasteiger partial charge on any atom is 0.336 e. The maximum absolute atomic E-state index is 14.9. The van der Waals surface area contributed by atoms with E-state index in [9.17, 15) is 103 Å². The summed E-state index contributed by atoms with van der Waals surface area (Å²) in [5.41, 5.74) is 29.9. The molecule has 2 aliphatic rings. The molecule has 0 radical (unpaired) electrons. The van der Waals surface area contributed by atoms with Crippen molar-refractivity contribution in [3.8, 4) is 33.9 Å². The standard InChI is InChI=1S/C87H123BrN16O23S2/c1-7-46(4)73(84(120)99-63(87(124)125)29-35-128-6)103-83(119)72(45(2)3)102-82(118)65(44-129-43-49-37-70(110)127-69-41-66(109)57(88)40-55(49)69)101-79(115)61(21-10-15-32-91)98-85(121)74(47(5)106)104-80(116)62(22-11-16-33-92)97-81(117)64(42-105)100-78(114)60(20-9-14-31-90)96-77(113)59(19-8-13-30-89)95-76(112)58(93)18-12-17-34-94-75(111)48-23-26-52(56(36-48)86(122)123)71-53-27-24-50(107)38-67(53)126-68-39-51(108)25-28-54(68)71/h23-28,36-41,45-47,58-65,72-74,105-107,109H,7-22,29-35,42-44,89-93H2,1-6H3,(H,94,111)(H,95,112)(H,96,113)(H,97,117)(H,98,121)(H,99,120)(H,100,114)(H,101,115)(H,102,118)(H,103,119)(H,104,116)(H,122,123)(H,124,125)/t46-,47+,58-,59-,60-,61-,62-,63-,64-,65-,72-,73-,74-/m0/s1. The van der Waals surface area contributed by atoms with Crippen molar-refractivity contribution in [2.75, 3.05) is 57.1 Å². The predicted molar refractivity (Wildman–Crippen MR) is 490 cm³/mol. The first-order valence-electron chi connectivity index (χ1n) is 42.9. The summed E-state index contributed by atoms with van der Waals surface area (Å²) in [6.07, 6.45) is 3.06. The van der Waals surface area contributed by atoms with Gasteiger partial charge < -0.3 is 127 Å². The fourth-order valence-corrected chi connectivity index (χ4v) is 15.9. The summed E-state index contributed by atoms with van der Waals surface area (Å²) < 4.78 is 11.5. The molecular formula is C87H123BrN16O23S2. The molecule has 0 spiro atoms. The van der Waals surface area contributed by atoms with Crippen LogP contribution in [0.25, 0.3) is 44.4 Å². The molecule has 708 valence electrons. The van der Waals surface area contributed by atoms with Crippen molar-refractivity contribution in [2.45, 2.75) is 222 Å². The van der Waals surface area contributed by atoms with Crippen molar-refractivity contribution in [1.82, 2.24) is 58.5 Å². The van der Waals surface area contributed by atoms with Gasteiger partial charge in [-0.1, -0.05) is 40.2 Å². The van der Waals surface area contributed by atoms with Gasteiger partial charge >= 0.3 is 17.6 Å². The summed E-state index contributed by atoms with van der Waals surface area (Å²) in [7, 11) is 0. The van der Waals surface area contributed by atoms with E-state index in [-0.39, 0.29) is 163 Å². The molecule has 1 aliphatic heterocycles. The first-order chi connectivity index (χ1) is 61.4. The Labute approximate surface area is 762 Å². The van der Waals surface area contributed by atoms with Crippen LogP contribution in [-0.2, 0) is 58.5 Å².